The molecule has 16 aromatic rings. The molecule has 0 unspecified atom stereocenters. The van der Waals surface area contributed by atoms with Crippen LogP contribution in [-0.4, -0.2) is 53.3 Å². The highest BCUT2D eigenvalue weighted by atomic mass is 28.4. The number of carbonyl (C=O) groups excluding carboxylic acids is 2. The van der Waals surface area contributed by atoms with E-state index in [4.69, 9.17) is 76.7 Å². The predicted octanol–water partition coefficient (Wildman–Crippen LogP) is 21.5. The molecule has 4 aliphatic rings. The summed E-state index contributed by atoms with van der Waals surface area (Å²) in [6.07, 6.45) is 1.50. The first-order valence-corrected chi connectivity index (χ1v) is 38.4. The van der Waals surface area contributed by atoms with Gasteiger partial charge in [0.15, 0.2) is 69.3 Å². The van der Waals surface area contributed by atoms with Gasteiger partial charge in [0.2, 0.25) is 0 Å². The molecule has 0 spiro atoms. The monoisotopic (exact) mass is 1520 g/mol. The van der Waals surface area contributed by atoms with Gasteiger partial charge in [-0.15, -0.1) is 0 Å². The SMILES string of the molecule is O=Cc1ccc(O[Si]2(Oc3ccc(C=O)cc3)n3c4c5cc(Oc6ccccc6)c(Oc6ccccc6)cc5c3N=C3N=C(N=c5c6cc(Oc7ccccc7)c(Oc7ccccc7)cc6c(n52)=NC2=NC(=N4)c4cc(Oc5ccccc5)c(Oc5ccccc5)cc42)c2cc(Oc4ccccc4)c(Oc4ccccc4)cc23)cc1. The minimum Gasteiger partial charge on any atom is -0.480 e. The molecule has 0 atom stereocenters. The van der Waals surface area contributed by atoms with Crippen molar-refractivity contribution in [1.82, 2.24) is 8.47 Å². The van der Waals surface area contributed by atoms with Crippen molar-refractivity contribution in [2.75, 3.05) is 0 Å². The standard InChI is InChI=1S/C94H58N8O12Si/c103-57-59-41-45-69(46-42-59)113-115(114-70-47-43-60(58-104)44-48-70)101-91-75-53-83(109-65-33-17-5-18-34-65)84(110-66-35-19-6-20-36-66)54-76(75)93(101)99-89-73-51-81(107-63-29-13-3-14-30-63)82(108-64-31-15-4-16-32-64)52-74(73)90(96-89)100-94-78-56-86(112-68-39-23-8-24-40-68)85(111-67-37-21-7-22-38-67)55-77(78)92(102(94)115)98-88-72-50-80(106-62-27-11-2-12-28-62)79(49-71(72)87(95-88)97-91)105-61-25-9-1-10-26-61/h1-58H. The maximum atomic E-state index is 12.9. The quantitative estimate of drug-likeness (QED) is 0.0458. The molecular weight excluding hydrogens is 1460 g/mol. The topological polar surface area (TPSA) is 210 Å². The summed E-state index contributed by atoms with van der Waals surface area (Å²) in [6, 6.07) is 103. The average Bonchev–Trinajstić information content (AvgIpc) is 1.53. The number of carbonyl (C=O) groups is 2. The predicted molar refractivity (Wildman–Crippen MR) is 438 cm³/mol. The molecule has 14 aromatic carbocycles. The normalized spacial score (nSPS) is 13.0. The van der Waals surface area contributed by atoms with Crippen molar-refractivity contribution in [2.45, 2.75) is 0 Å². The molecule has 21 heteroatoms. The first-order chi connectivity index (χ1) is 56.8. The van der Waals surface area contributed by atoms with E-state index in [1.54, 1.807) is 48.5 Å². The van der Waals surface area contributed by atoms with E-state index in [-0.39, 0.29) is 80.5 Å². The van der Waals surface area contributed by atoms with Gasteiger partial charge in [0, 0.05) is 54.9 Å². The molecule has 115 heavy (non-hydrogen) atoms. The summed E-state index contributed by atoms with van der Waals surface area (Å²) in [5.74, 6) is 7.54. The fourth-order valence-electron chi connectivity index (χ4n) is 14.0. The third-order valence-corrected chi connectivity index (χ3v) is 22.2. The summed E-state index contributed by atoms with van der Waals surface area (Å²) < 4.78 is 75.9. The first kappa shape index (κ1) is 68.3. The van der Waals surface area contributed by atoms with E-state index >= 15 is 0 Å². The second kappa shape index (κ2) is 29.1. The van der Waals surface area contributed by atoms with Gasteiger partial charge in [0.05, 0.1) is 0 Å². The highest BCUT2D eigenvalue weighted by Crippen LogP contribution is 2.52. The maximum absolute atomic E-state index is 12.9. The van der Waals surface area contributed by atoms with Crippen molar-refractivity contribution in [1.29, 1.82) is 0 Å². The van der Waals surface area contributed by atoms with Crippen LogP contribution in [0.2, 0.25) is 0 Å². The Kier molecular flexibility index (Phi) is 17.3. The first-order valence-electron chi connectivity index (χ1n) is 36.7. The number of para-hydroxylation sites is 8. The summed E-state index contributed by atoms with van der Waals surface area (Å²) in [5.41, 5.74) is 2.85. The Bertz CT molecular complexity index is 6380. The maximum Gasteiger partial charge on any atom is 0.738 e. The minimum absolute atomic E-state index is 0.140. The van der Waals surface area contributed by atoms with Crippen LogP contribution in [0.5, 0.6) is 103 Å². The molecule has 0 aliphatic carbocycles. The van der Waals surface area contributed by atoms with Crippen LogP contribution in [0, 0.1) is 0 Å². The molecule has 0 saturated carbocycles. The molecule has 2 aromatic heterocycles. The fourth-order valence-corrected chi connectivity index (χ4v) is 17.2. The molecule has 0 amide bonds. The van der Waals surface area contributed by atoms with Crippen LogP contribution in [-0.2, 0) is 0 Å². The van der Waals surface area contributed by atoms with Gasteiger partial charge in [-0.2, -0.15) is 0 Å². The molecule has 0 N–H and O–H groups in total. The Balaban J connectivity index is 1.00. The molecule has 0 radical (unpaired) electrons. The number of hydrogen-bond donors (Lipinski definition) is 0. The summed E-state index contributed by atoms with van der Waals surface area (Å²) in [7, 11) is -5.48. The number of rotatable bonds is 22. The molecule has 4 aliphatic heterocycles. The van der Waals surface area contributed by atoms with Gasteiger partial charge in [-0.1, -0.05) is 146 Å². The van der Waals surface area contributed by atoms with Crippen LogP contribution in [0.15, 0.2) is 370 Å². The van der Waals surface area contributed by atoms with Crippen LogP contribution >= 0.6 is 0 Å². The Labute approximate surface area is 656 Å². The Morgan fingerprint density at radius 3 is 0.696 bits per heavy atom. The largest absolute Gasteiger partial charge is 0.738 e. The van der Waals surface area contributed by atoms with E-state index in [9.17, 15) is 9.59 Å². The number of aliphatic imine (C=N–C) groups is 4. The van der Waals surface area contributed by atoms with Gasteiger partial charge in [0.1, 0.15) is 92.7 Å². The zero-order valence-corrected chi connectivity index (χ0v) is 61.5. The third kappa shape index (κ3) is 13.2. The van der Waals surface area contributed by atoms with E-state index in [1.165, 1.54) is 0 Å². The van der Waals surface area contributed by atoms with Crippen LogP contribution in [0.4, 0.5) is 11.6 Å². The molecule has 550 valence electrons. The molecule has 6 bridgehead atoms. The van der Waals surface area contributed by atoms with Gasteiger partial charge in [-0.3, -0.25) is 18.1 Å². The summed E-state index contributed by atoms with van der Waals surface area (Å²) in [6.45, 7) is 0. The lowest BCUT2D eigenvalue weighted by Crippen LogP contribution is -2.68. The lowest BCUT2D eigenvalue weighted by atomic mass is 10.1. The van der Waals surface area contributed by atoms with Crippen LogP contribution in [0.3, 0.4) is 0 Å². The van der Waals surface area contributed by atoms with Crippen LogP contribution in [0.25, 0.3) is 21.5 Å². The summed E-state index contributed by atoms with van der Waals surface area (Å²) >= 11 is 0. The highest BCUT2D eigenvalue weighted by Gasteiger charge is 2.58. The van der Waals surface area contributed by atoms with E-state index < -0.39 is 8.88 Å². The smallest absolute Gasteiger partial charge is 0.480 e. The fraction of sp³-hybridized carbons (Fsp3) is 0. The Hall–Kier alpha value is -16.0. The Morgan fingerprint density at radius 1 is 0.226 bits per heavy atom. The lowest BCUT2D eigenvalue weighted by Gasteiger charge is -2.33. The van der Waals surface area contributed by atoms with Crippen LogP contribution < -0.4 is 57.7 Å². The number of aldehydes is 2. The van der Waals surface area contributed by atoms with E-state index in [0.717, 1.165) is 12.6 Å². The number of ether oxygens (including phenoxy) is 8. The van der Waals surface area contributed by atoms with Crippen molar-refractivity contribution in [3.63, 3.8) is 0 Å². The van der Waals surface area contributed by atoms with E-state index in [1.807, 2.05) is 300 Å². The van der Waals surface area contributed by atoms with Gasteiger partial charge >= 0.3 is 8.88 Å². The minimum atomic E-state index is -5.48. The molecule has 20 nitrogen and oxygen atoms in total. The number of hydrogen-bond acceptors (Lipinski definition) is 18. The lowest BCUT2D eigenvalue weighted by molar-refractivity contribution is 0.111. The molecule has 20 rings (SSSR count). The number of fused-ring (bicyclic) bond motifs is 14. The second-order valence-corrected chi connectivity index (χ2v) is 29.2. The van der Waals surface area contributed by atoms with E-state index in [2.05, 4.69) is 0 Å². The number of amidine groups is 4. The van der Waals surface area contributed by atoms with E-state index in [0.29, 0.717) is 124 Å². The van der Waals surface area contributed by atoms with Crippen molar-refractivity contribution >= 4 is 78.0 Å². The average molecular weight is 1520 g/mol. The molecular formula is C94H58N8O12Si. The summed E-state index contributed by atoms with van der Waals surface area (Å²) in [4.78, 5) is 60.6. The van der Waals surface area contributed by atoms with Gasteiger partial charge in [-0.25, -0.2) is 30.0 Å². The third-order valence-electron chi connectivity index (χ3n) is 19.2. The second-order valence-electron chi connectivity index (χ2n) is 26.8. The zero-order valence-electron chi connectivity index (χ0n) is 60.5. The van der Waals surface area contributed by atoms with Crippen molar-refractivity contribution in [3.05, 3.63) is 384 Å². The number of benzene rings is 14. The van der Waals surface area contributed by atoms with Crippen molar-refractivity contribution < 1.29 is 56.3 Å². The van der Waals surface area contributed by atoms with Gasteiger partial charge in [-0.05, 0) is 194 Å². The highest BCUT2D eigenvalue weighted by molar-refractivity contribution is 6.67. The van der Waals surface area contributed by atoms with Gasteiger partial charge < -0.3 is 46.7 Å². The van der Waals surface area contributed by atoms with Crippen molar-refractivity contribution in [3.8, 4) is 103 Å². The molecule has 6 heterocycles. The molecule has 0 saturated heterocycles. The number of aromatic nitrogens is 2. The number of nitrogens with zero attached hydrogens (tertiary/aromatic N) is 8. The van der Waals surface area contributed by atoms with Crippen LogP contribution in [0.1, 0.15) is 43.0 Å². The van der Waals surface area contributed by atoms with Crippen molar-refractivity contribution in [2.24, 2.45) is 30.0 Å². The summed E-state index contributed by atoms with van der Waals surface area (Å²) in [5, 5.41) is 1.60. The molecule has 0 fully saturated rings. The Morgan fingerprint density at radius 2 is 0.452 bits per heavy atom. The zero-order chi connectivity index (χ0) is 76.8. The van der Waals surface area contributed by atoms with Gasteiger partial charge in [0.25, 0.3) is 0 Å².